The maximum absolute atomic E-state index is 6.21. The summed E-state index contributed by atoms with van der Waals surface area (Å²) in [5.41, 5.74) is 0.782. The number of ether oxygens (including phenoxy) is 1. The van der Waals surface area contributed by atoms with E-state index in [4.69, 9.17) is 27.9 Å². The molecule has 0 amide bonds. The summed E-state index contributed by atoms with van der Waals surface area (Å²) < 4.78 is 6.85. The van der Waals surface area contributed by atoms with Crippen molar-refractivity contribution in [3.63, 3.8) is 0 Å². The molecule has 0 fully saturated rings. The second-order valence-electron chi connectivity index (χ2n) is 5.77. The number of halogens is 3. The Balaban J connectivity index is 2.85. The Kier molecular flexibility index (Phi) is 6.65. The predicted molar refractivity (Wildman–Crippen MR) is 87.6 cm³/mol. The van der Waals surface area contributed by atoms with Crippen LogP contribution in [0.3, 0.4) is 0 Å². The van der Waals surface area contributed by atoms with Crippen LogP contribution in [0.1, 0.15) is 32.8 Å². The smallest absolute Gasteiger partial charge is 0.0598 e. The molecule has 4 heteroatoms. The predicted octanol–water partition coefficient (Wildman–Crippen LogP) is 5.37. The Bertz CT molecular complexity index is 397. The Morgan fingerprint density at radius 1 is 1.16 bits per heavy atom. The summed E-state index contributed by atoms with van der Waals surface area (Å²) in [6.07, 6.45) is 0.813. The Morgan fingerprint density at radius 2 is 1.79 bits per heavy atom. The van der Waals surface area contributed by atoms with Crippen LogP contribution in [0.5, 0.6) is 0 Å². The maximum atomic E-state index is 6.21. The minimum absolute atomic E-state index is 0.137. The van der Waals surface area contributed by atoms with Crippen molar-refractivity contribution in [3.8, 4) is 0 Å². The number of alkyl halides is 2. The van der Waals surface area contributed by atoms with Crippen LogP contribution in [0.2, 0.25) is 0 Å². The molecule has 0 aromatic heterocycles. The topological polar surface area (TPSA) is 9.23 Å². The van der Waals surface area contributed by atoms with Crippen LogP contribution in [0.15, 0.2) is 28.7 Å². The molecule has 0 N–H and O–H groups in total. The first-order valence-corrected chi connectivity index (χ1v) is 8.21. The Labute approximate surface area is 134 Å². The fourth-order valence-electron chi connectivity index (χ4n) is 1.84. The first kappa shape index (κ1) is 17.3. The van der Waals surface area contributed by atoms with Gasteiger partial charge in [0.25, 0.3) is 0 Å². The molecular weight excluding hydrogens is 347 g/mol. The summed E-state index contributed by atoms with van der Waals surface area (Å²) >= 11 is 15.9. The molecule has 0 atom stereocenters. The molecule has 1 nitrogen and oxygen atoms in total. The van der Waals surface area contributed by atoms with Crippen molar-refractivity contribution in [1.82, 2.24) is 0 Å². The molecule has 0 saturated carbocycles. The number of hydrogen-bond donors (Lipinski definition) is 0. The average molecular weight is 368 g/mol. The molecule has 108 valence electrons. The van der Waals surface area contributed by atoms with Gasteiger partial charge in [-0.2, -0.15) is 0 Å². The van der Waals surface area contributed by atoms with Crippen molar-refractivity contribution in [2.24, 2.45) is 0 Å². The second kappa shape index (κ2) is 7.31. The van der Waals surface area contributed by atoms with Crippen LogP contribution in [-0.4, -0.2) is 24.0 Å². The molecule has 0 heterocycles. The first-order valence-electron chi connectivity index (χ1n) is 6.35. The van der Waals surface area contributed by atoms with Gasteiger partial charge in [0.05, 0.1) is 5.60 Å². The lowest BCUT2D eigenvalue weighted by Gasteiger charge is -2.32. The summed E-state index contributed by atoms with van der Waals surface area (Å²) in [5, 5.41) is 0. The normalized spacial score (nSPS) is 12.7. The zero-order valence-electron chi connectivity index (χ0n) is 11.7. The maximum Gasteiger partial charge on any atom is 0.0598 e. The largest absolute Gasteiger partial charge is 0.376 e. The fourth-order valence-corrected chi connectivity index (χ4v) is 3.10. The van der Waals surface area contributed by atoms with Crippen molar-refractivity contribution in [2.75, 3.05) is 18.4 Å². The van der Waals surface area contributed by atoms with Crippen molar-refractivity contribution in [2.45, 2.75) is 38.2 Å². The minimum atomic E-state index is -0.238. The number of benzene rings is 1. The van der Waals surface area contributed by atoms with Crippen LogP contribution in [0, 0.1) is 0 Å². The van der Waals surface area contributed by atoms with Gasteiger partial charge in [-0.3, -0.25) is 0 Å². The second-order valence-corrected chi connectivity index (χ2v) is 7.22. The molecule has 0 saturated heterocycles. The summed E-state index contributed by atoms with van der Waals surface area (Å²) in [7, 11) is 0. The molecule has 0 bridgehead atoms. The van der Waals surface area contributed by atoms with E-state index in [1.165, 1.54) is 0 Å². The summed E-state index contributed by atoms with van der Waals surface area (Å²) in [6, 6.07) is 8.18. The third-order valence-corrected chi connectivity index (χ3v) is 4.58. The Morgan fingerprint density at radius 3 is 2.26 bits per heavy atom. The van der Waals surface area contributed by atoms with E-state index in [1.54, 1.807) is 0 Å². The van der Waals surface area contributed by atoms with E-state index in [0.717, 1.165) is 16.5 Å². The van der Waals surface area contributed by atoms with Crippen LogP contribution >= 0.6 is 39.1 Å². The lowest BCUT2D eigenvalue weighted by atomic mass is 9.81. The van der Waals surface area contributed by atoms with Gasteiger partial charge in [-0.15, -0.1) is 23.2 Å². The van der Waals surface area contributed by atoms with E-state index in [1.807, 2.05) is 12.1 Å². The van der Waals surface area contributed by atoms with Crippen molar-refractivity contribution < 1.29 is 4.74 Å². The van der Waals surface area contributed by atoms with Crippen LogP contribution < -0.4 is 0 Å². The molecule has 0 radical (unpaired) electrons. The third-order valence-electron chi connectivity index (χ3n) is 3.06. The molecule has 0 spiro atoms. The van der Waals surface area contributed by atoms with E-state index in [2.05, 4.69) is 48.8 Å². The molecule has 1 rings (SSSR count). The summed E-state index contributed by atoms with van der Waals surface area (Å²) in [5.74, 6) is 0.973. The molecule has 0 aliphatic heterocycles. The van der Waals surface area contributed by atoms with Gasteiger partial charge in [0.1, 0.15) is 0 Å². The lowest BCUT2D eigenvalue weighted by Crippen LogP contribution is -2.33. The van der Waals surface area contributed by atoms with Gasteiger partial charge in [0.2, 0.25) is 0 Å². The van der Waals surface area contributed by atoms with E-state index in [9.17, 15) is 0 Å². The van der Waals surface area contributed by atoms with Gasteiger partial charge in [-0.05, 0) is 44.9 Å². The van der Waals surface area contributed by atoms with Crippen LogP contribution in [0.25, 0.3) is 0 Å². The number of rotatable bonds is 6. The zero-order chi connectivity index (χ0) is 14.5. The van der Waals surface area contributed by atoms with Crippen molar-refractivity contribution in [3.05, 3.63) is 34.3 Å². The van der Waals surface area contributed by atoms with Gasteiger partial charge in [0, 0.05) is 28.3 Å². The Hall–Kier alpha value is 0.240. The van der Waals surface area contributed by atoms with Gasteiger partial charge >= 0.3 is 0 Å². The monoisotopic (exact) mass is 366 g/mol. The molecule has 1 aromatic rings. The van der Waals surface area contributed by atoms with Gasteiger partial charge in [0.15, 0.2) is 0 Å². The molecule has 0 aliphatic rings. The molecule has 0 aliphatic carbocycles. The molecule has 19 heavy (non-hydrogen) atoms. The number of hydrogen-bond acceptors (Lipinski definition) is 1. The van der Waals surface area contributed by atoms with Crippen molar-refractivity contribution >= 4 is 39.1 Å². The van der Waals surface area contributed by atoms with Gasteiger partial charge in [-0.25, -0.2) is 0 Å². The highest BCUT2D eigenvalue weighted by atomic mass is 79.9. The quantitative estimate of drug-likeness (QED) is 0.614. The zero-order valence-corrected chi connectivity index (χ0v) is 14.8. The molecular formula is C15H21BrCl2O. The van der Waals surface area contributed by atoms with Gasteiger partial charge in [-0.1, -0.05) is 28.1 Å². The van der Waals surface area contributed by atoms with E-state index >= 15 is 0 Å². The lowest BCUT2D eigenvalue weighted by molar-refractivity contribution is -0.00964. The van der Waals surface area contributed by atoms with Gasteiger partial charge < -0.3 is 4.74 Å². The van der Waals surface area contributed by atoms with E-state index in [-0.39, 0.29) is 11.0 Å². The molecule has 1 aromatic carbocycles. The van der Waals surface area contributed by atoms with Crippen molar-refractivity contribution in [1.29, 1.82) is 0 Å². The average Bonchev–Trinajstić information content (AvgIpc) is 2.34. The minimum Gasteiger partial charge on any atom is -0.376 e. The SMILES string of the molecule is CC(C)(C)OCCC(CCl)(CCl)c1cccc(Br)c1. The van der Waals surface area contributed by atoms with E-state index < -0.39 is 0 Å². The highest BCUT2D eigenvalue weighted by Gasteiger charge is 2.31. The summed E-state index contributed by atoms with van der Waals surface area (Å²) in [6.45, 7) is 6.80. The standard InChI is InChI=1S/C15H21BrCl2O/c1-14(2,3)19-8-7-15(10-17,11-18)12-5-4-6-13(16)9-12/h4-6,9H,7-8,10-11H2,1-3H3. The van der Waals surface area contributed by atoms with Crippen LogP contribution in [-0.2, 0) is 10.2 Å². The fraction of sp³-hybridized carbons (Fsp3) is 0.600. The highest BCUT2D eigenvalue weighted by molar-refractivity contribution is 9.10. The highest BCUT2D eigenvalue weighted by Crippen LogP contribution is 2.33. The van der Waals surface area contributed by atoms with Crippen LogP contribution in [0.4, 0.5) is 0 Å². The third kappa shape index (κ3) is 5.26. The first-order chi connectivity index (χ1) is 8.83. The molecule has 0 unspecified atom stereocenters. The van der Waals surface area contributed by atoms with E-state index in [0.29, 0.717) is 18.4 Å². The summed E-state index contributed by atoms with van der Waals surface area (Å²) in [4.78, 5) is 0.